The summed E-state index contributed by atoms with van der Waals surface area (Å²) in [6.07, 6.45) is 3.64. The maximum absolute atomic E-state index is 11.4. The number of hydrogen-bond acceptors (Lipinski definition) is 3. The molecule has 2 heterocycles. The number of rotatable bonds is 4. The van der Waals surface area contributed by atoms with E-state index in [1.54, 1.807) is 18.3 Å². The molecule has 0 saturated carbocycles. The third-order valence-electron chi connectivity index (χ3n) is 4.22. The predicted octanol–water partition coefficient (Wildman–Crippen LogP) is 3.08. The molecule has 23 heavy (non-hydrogen) atoms. The van der Waals surface area contributed by atoms with Gasteiger partial charge in [0.25, 0.3) is 0 Å². The number of carbonyl (C=O) groups excluding carboxylic acids is 1. The topological polar surface area (TPSA) is 75.0 Å². The number of aromatic nitrogens is 2. The maximum atomic E-state index is 11.4. The Kier molecular flexibility index (Phi) is 4.90. The van der Waals surface area contributed by atoms with Crippen molar-refractivity contribution in [3.8, 4) is 11.3 Å². The number of piperidine rings is 1. The molecule has 1 aromatic carbocycles. The van der Waals surface area contributed by atoms with E-state index in [0.29, 0.717) is 23.1 Å². The van der Waals surface area contributed by atoms with Gasteiger partial charge >= 0.3 is 0 Å². The molecular formula is C16H18Cl2N4O. The van der Waals surface area contributed by atoms with Gasteiger partial charge in [0.05, 0.1) is 22.8 Å². The molecule has 2 aromatic rings. The SMILES string of the molecule is NC(=O)C1CCCN(Cc2cn[nH]c2-c2ccc(Cl)cc2Cl)C1. The molecule has 1 amide bonds. The van der Waals surface area contributed by atoms with Gasteiger partial charge in [-0.2, -0.15) is 5.10 Å². The van der Waals surface area contributed by atoms with Crippen LogP contribution in [0.1, 0.15) is 18.4 Å². The normalized spacial score (nSPS) is 19.0. The number of carbonyl (C=O) groups is 1. The van der Waals surface area contributed by atoms with Crippen molar-refractivity contribution in [2.75, 3.05) is 13.1 Å². The Bertz CT molecular complexity index is 716. The zero-order chi connectivity index (χ0) is 16.4. The Balaban J connectivity index is 1.80. The maximum Gasteiger partial charge on any atom is 0.221 e. The first-order chi connectivity index (χ1) is 11.0. The highest BCUT2D eigenvalue weighted by molar-refractivity contribution is 6.36. The van der Waals surface area contributed by atoms with Gasteiger partial charge in [-0.1, -0.05) is 23.2 Å². The average Bonchev–Trinajstić information content (AvgIpc) is 2.95. The van der Waals surface area contributed by atoms with Crippen molar-refractivity contribution in [3.63, 3.8) is 0 Å². The van der Waals surface area contributed by atoms with Crippen LogP contribution in [0.15, 0.2) is 24.4 Å². The Morgan fingerprint density at radius 2 is 2.26 bits per heavy atom. The van der Waals surface area contributed by atoms with E-state index in [4.69, 9.17) is 28.9 Å². The first-order valence-electron chi connectivity index (χ1n) is 7.54. The van der Waals surface area contributed by atoms with E-state index in [-0.39, 0.29) is 11.8 Å². The van der Waals surface area contributed by atoms with Crippen LogP contribution in [-0.4, -0.2) is 34.1 Å². The number of likely N-dealkylation sites (tertiary alicyclic amines) is 1. The van der Waals surface area contributed by atoms with Gasteiger partial charge in [0.15, 0.2) is 0 Å². The number of nitrogens with zero attached hydrogens (tertiary/aromatic N) is 2. The second kappa shape index (κ2) is 6.91. The standard InChI is InChI=1S/C16H18Cl2N4O/c17-12-3-4-13(14(18)6-12)15-11(7-20-21-15)9-22-5-1-2-10(8-22)16(19)23/h3-4,6-7,10H,1-2,5,8-9H2,(H2,19,23)(H,20,21). The van der Waals surface area contributed by atoms with Crippen molar-refractivity contribution < 1.29 is 4.79 Å². The number of halogens is 2. The van der Waals surface area contributed by atoms with Crippen molar-refractivity contribution in [2.45, 2.75) is 19.4 Å². The summed E-state index contributed by atoms with van der Waals surface area (Å²) < 4.78 is 0. The van der Waals surface area contributed by atoms with Gasteiger partial charge in [-0.3, -0.25) is 14.8 Å². The van der Waals surface area contributed by atoms with Crippen LogP contribution >= 0.6 is 23.2 Å². The van der Waals surface area contributed by atoms with E-state index >= 15 is 0 Å². The lowest BCUT2D eigenvalue weighted by atomic mass is 9.97. The first kappa shape index (κ1) is 16.3. The van der Waals surface area contributed by atoms with Crippen LogP contribution in [0.5, 0.6) is 0 Å². The molecule has 0 bridgehead atoms. The van der Waals surface area contributed by atoms with E-state index in [9.17, 15) is 4.79 Å². The third kappa shape index (κ3) is 3.68. The number of primary amides is 1. The lowest BCUT2D eigenvalue weighted by Gasteiger charge is -2.31. The Hall–Kier alpha value is -1.56. The van der Waals surface area contributed by atoms with Gasteiger partial charge in [0, 0.05) is 29.2 Å². The summed E-state index contributed by atoms with van der Waals surface area (Å²) in [4.78, 5) is 13.6. The van der Waals surface area contributed by atoms with Crippen molar-refractivity contribution in [1.82, 2.24) is 15.1 Å². The fourth-order valence-electron chi connectivity index (χ4n) is 3.03. The summed E-state index contributed by atoms with van der Waals surface area (Å²) in [6.45, 7) is 2.34. The summed E-state index contributed by atoms with van der Waals surface area (Å²) >= 11 is 12.3. The van der Waals surface area contributed by atoms with E-state index in [1.807, 2.05) is 6.07 Å². The van der Waals surface area contributed by atoms with Gasteiger partial charge < -0.3 is 5.73 Å². The Morgan fingerprint density at radius 3 is 3.00 bits per heavy atom. The summed E-state index contributed by atoms with van der Waals surface area (Å²) in [7, 11) is 0. The molecule has 1 aliphatic heterocycles. The fourth-order valence-corrected chi connectivity index (χ4v) is 3.53. The fraction of sp³-hybridized carbons (Fsp3) is 0.375. The minimum absolute atomic E-state index is 0.0711. The van der Waals surface area contributed by atoms with Crippen molar-refractivity contribution in [3.05, 3.63) is 40.0 Å². The van der Waals surface area contributed by atoms with Crippen LogP contribution < -0.4 is 5.73 Å². The van der Waals surface area contributed by atoms with Gasteiger partial charge in [-0.05, 0) is 37.6 Å². The van der Waals surface area contributed by atoms with E-state index in [2.05, 4.69) is 15.1 Å². The van der Waals surface area contributed by atoms with Crippen LogP contribution in [-0.2, 0) is 11.3 Å². The molecule has 0 radical (unpaired) electrons. The summed E-state index contributed by atoms with van der Waals surface area (Å²) in [5.74, 6) is -0.291. The molecule has 3 N–H and O–H groups in total. The summed E-state index contributed by atoms with van der Waals surface area (Å²) in [6, 6.07) is 5.40. The van der Waals surface area contributed by atoms with E-state index in [1.165, 1.54) is 0 Å². The van der Waals surface area contributed by atoms with Gasteiger partial charge in [0.1, 0.15) is 0 Å². The highest BCUT2D eigenvalue weighted by atomic mass is 35.5. The summed E-state index contributed by atoms with van der Waals surface area (Å²) in [5.41, 5.74) is 8.23. The second-order valence-electron chi connectivity index (χ2n) is 5.87. The second-order valence-corrected chi connectivity index (χ2v) is 6.71. The average molecular weight is 353 g/mol. The van der Waals surface area contributed by atoms with Crippen molar-refractivity contribution >= 4 is 29.1 Å². The first-order valence-corrected chi connectivity index (χ1v) is 8.29. The molecule has 1 fully saturated rings. The highest BCUT2D eigenvalue weighted by Crippen LogP contribution is 2.32. The monoisotopic (exact) mass is 352 g/mol. The minimum atomic E-state index is -0.220. The van der Waals surface area contributed by atoms with Gasteiger partial charge in [0.2, 0.25) is 5.91 Å². The van der Waals surface area contributed by atoms with Gasteiger partial charge in [-0.15, -0.1) is 0 Å². The number of hydrogen-bond donors (Lipinski definition) is 2. The van der Waals surface area contributed by atoms with Crippen LogP contribution in [0.2, 0.25) is 10.0 Å². The minimum Gasteiger partial charge on any atom is -0.369 e. The number of H-pyrrole nitrogens is 1. The smallest absolute Gasteiger partial charge is 0.221 e. The molecule has 1 unspecified atom stereocenters. The number of benzene rings is 1. The lowest BCUT2D eigenvalue weighted by molar-refractivity contribution is -0.123. The molecule has 1 saturated heterocycles. The highest BCUT2D eigenvalue weighted by Gasteiger charge is 2.25. The molecule has 1 aliphatic rings. The molecular weight excluding hydrogens is 335 g/mol. The molecule has 122 valence electrons. The molecule has 7 heteroatoms. The van der Waals surface area contributed by atoms with Crippen LogP contribution in [0, 0.1) is 5.92 Å². The van der Waals surface area contributed by atoms with Crippen molar-refractivity contribution in [1.29, 1.82) is 0 Å². The van der Waals surface area contributed by atoms with Crippen molar-refractivity contribution in [2.24, 2.45) is 11.7 Å². The molecule has 0 aliphatic carbocycles. The van der Waals surface area contributed by atoms with E-state index < -0.39 is 0 Å². The Labute approximate surface area is 144 Å². The number of amides is 1. The van der Waals surface area contributed by atoms with Crippen LogP contribution in [0.25, 0.3) is 11.3 Å². The van der Waals surface area contributed by atoms with Crippen LogP contribution in [0.4, 0.5) is 0 Å². The molecule has 0 spiro atoms. The predicted molar refractivity (Wildman–Crippen MR) is 91.2 cm³/mol. The van der Waals surface area contributed by atoms with Crippen LogP contribution in [0.3, 0.4) is 0 Å². The lowest BCUT2D eigenvalue weighted by Crippen LogP contribution is -2.40. The molecule has 5 nitrogen and oxygen atoms in total. The quantitative estimate of drug-likeness (QED) is 0.887. The molecule has 1 aromatic heterocycles. The zero-order valence-corrected chi connectivity index (χ0v) is 14.1. The summed E-state index contributed by atoms with van der Waals surface area (Å²) in [5, 5.41) is 8.33. The largest absolute Gasteiger partial charge is 0.369 e. The third-order valence-corrected chi connectivity index (χ3v) is 4.77. The molecule has 1 atom stereocenters. The van der Waals surface area contributed by atoms with E-state index in [0.717, 1.165) is 36.2 Å². The Morgan fingerprint density at radius 1 is 1.43 bits per heavy atom. The zero-order valence-electron chi connectivity index (χ0n) is 12.6. The molecule has 3 rings (SSSR count). The number of aromatic amines is 1. The number of nitrogens with two attached hydrogens (primary N) is 1. The number of nitrogens with one attached hydrogen (secondary N) is 1. The van der Waals surface area contributed by atoms with Gasteiger partial charge in [-0.25, -0.2) is 0 Å².